The lowest BCUT2D eigenvalue weighted by atomic mass is 9.95. The number of nitrogens with zero attached hydrogens (tertiary/aromatic N) is 2. The van der Waals surface area contributed by atoms with Crippen LogP contribution in [0, 0.1) is 5.82 Å². The second kappa shape index (κ2) is 12.1. The molecule has 5 rings (SSSR count). The van der Waals surface area contributed by atoms with Gasteiger partial charge in [-0.1, -0.05) is 12.1 Å². The molecule has 38 heavy (non-hydrogen) atoms. The molecule has 0 aliphatic heterocycles. The van der Waals surface area contributed by atoms with Crippen LogP contribution in [-0.4, -0.2) is 28.5 Å². The normalized spacial score (nSPS) is 12.6. The molecule has 0 unspecified atom stereocenters. The SMILES string of the molecule is CSCCNCc1ccc(C2=Cc3c(ncnc3Nc3ccc(OCc4cccc(F)c4)c(N)c3)CC2)o1. The first-order valence-corrected chi connectivity index (χ1v) is 13.9. The van der Waals surface area contributed by atoms with Crippen LogP contribution in [0.5, 0.6) is 5.75 Å². The molecule has 4 aromatic rings. The molecule has 0 bridgehead atoms. The Hall–Kier alpha value is -3.82. The van der Waals surface area contributed by atoms with Crippen molar-refractivity contribution in [3.05, 3.63) is 95.1 Å². The van der Waals surface area contributed by atoms with Crippen molar-refractivity contribution in [1.82, 2.24) is 15.3 Å². The molecule has 0 fully saturated rings. The number of aromatic nitrogens is 2. The number of nitrogen functional groups attached to an aromatic ring is 1. The van der Waals surface area contributed by atoms with Crippen molar-refractivity contribution in [1.29, 1.82) is 0 Å². The van der Waals surface area contributed by atoms with Crippen LogP contribution in [0.1, 0.15) is 34.8 Å². The molecule has 0 saturated heterocycles. The summed E-state index contributed by atoms with van der Waals surface area (Å²) in [5.41, 5.74) is 11.3. The van der Waals surface area contributed by atoms with Crippen LogP contribution in [0.4, 0.5) is 21.6 Å². The van der Waals surface area contributed by atoms with E-state index >= 15 is 0 Å². The predicted molar refractivity (Wildman–Crippen MR) is 152 cm³/mol. The number of halogens is 1. The maximum Gasteiger partial charge on any atom is 0.142 e. The maximum atomic E-state index is 13.4. The van der Waals surface area contributed by atoms with Crippen LogP contribution in [-0.2, 0) is 19.6 Å². The van der Waals surface area contributed by atoms with Crippen molar-refractivity contribution in [3.63, 3.8) is 0 Å². The van der Waals surface area contributed by atoms with E-state index < -0.39 is 0 Å². The zero-order valence-corrected chi connectivity index (χ0v) is 22.0. The first-order chi connectivity index (χ1) is 18.6. The molecule has 0 saturated carbocycles. The van der Waals surface area contributed by atoms with Crippen LogP contribution >= 0.6 is 11.8 Å². The lowest BCUT2D eigenvalue weighted by molar-refractivity contribution is 0.307. The molecule has 9 heteroatoms. The summed E-state index contributed by atoms with van der Waals surface area (Å²) in [5, 5.41) is 6.77. The number of rotatable bonds is 11. The van der Waals surface area contributed by atoms with Crippen molar-refractivity contribution in [2.24, 2.45) is 0 Å². The molecule has 0 atom stereocenters. The minimum Gasteiger partial charge on any atom is -0.487 e. The molecule has 7 nitrogen and oxygen atoms in total. The van der Waals surface area contributed by atoms with Gasteiger partial charge in [0.05, 0.1) is 17.9 Å². The Morgan fingerprint density at radius 3 is 2.87 bits per heavy atom. The average Bonchev–Trinajstić information content (AvgIpc) is 3.40. The molecule has 2 heterocycles. The molecule has 2 aromatic carbocycles. The van der Waals surface area contributed by atoms with Crippen molar-refractivity contribution < 1.29 is 13.5 Å². The lowest BCUT2D eigenvalue weighted by Gasteiger charge is -2.18. The quantitative estimate of drug-likeness (QED) is 0.159. The Balaban J connectivity index is 1.29. The first-order valence-electron chi connectivity index (χ1n) is 12.5. The summed E-state index contributed by atoms with van der Waals surface area (Å²) in [6.45, 7) is 1.89. The van der Waals surface area contributed by atoms with Crippen LogP contribution in [0.2, 0.25) is 0 Å². The standard InChI is InChI=1S/C29H30FN5O2S/c1-38-12-11-32-16-23-7-10-27(37-23)20-5-8-26-24(14-20)29(34-18-33-26)35-22-6-9-28(25(31)15-22)36-17-19-3-2-4-21(30)13-19/h2-4,6-7,9-10,13-15,18,32H,5,8,11-12,16-17,31H2,1H3,(H,33,34,35). The van der Waals surface area contributed by atoms with Gasteiger partial charge in [-0.2, -0.15) is 11.8 Å². The van der Waals surface area contributed by atoms with Crippen molar-refractivity contribution >= 4 is 40.6 Å². The highest BCUT2D eigenvalue weighted by molar-refractivity contribution is 7.98. The van der Waals surface area contributed by atoms with Gasteiger partial charge in [-0.05, 0) is 78.8 Å². The van der Waals surface area contributed by atoms with Gasteiger partial charge in [-0.15, -0.1) is 0 Å². The highest BCUT2D eigenvalue weighted by Crippen LogP contribution is 2.35. The van der Waals surface area contributed by atoms with Crippen LogP contribution < -0.4 is 21.1 Å². The Labute approximate surface area is 225 Å². The third kappa shape index (κ3) is 6.35. The molecule has 0 spiro atoms. The smallest absolute Gasteiger partial charge is 0.142 e. The van der Waals surface area contributed by atoms with Gasteiger partial charge in [0.1, 0.15) is 41.8 Å². The fourth-order valence-corrected chi connectivity index (χ4v) is 4.64. The van der Waals surface area contributed by atoms with Crippen LogP contribution in [0.3, 0.4) is 0 Å². The third-order valence-electron chi connectivity index (χ3n) is 6.23. The number of allylic oxidation sites excluding steroid dienone is 1. The van der Waals surface area contributed by atoms with E-state index in [0.29, 0.717) is 23.8 Å². The van der Waals surface area contributed by atoms with Gasteiger partial charge in [0.2, 0.25) is 0 Å². The Kier molecular flexibility index (Phi) is 8.25. The number of aryl methyl sites for hydroxylation is 1. The molecular weight excluding hydrogens is 501 g/mol. The molecule has 2 aromatic heterocycles. The predicted octanol–water partition coefficient (Wildman–Crippen LogP) is 6.05. The van der Waals surface area contributed by atoms with Gasteiger partial charge in [-0.25, -0.2) is 14.4 Å². The molecule has 0 amide bonds. The number of hydrogen-bond donors (Lipinski definition) is 3. The van der Waals surface area contributed by atoms with Crippen LogP contribution in [0.15, 0.2) is 65.3 Å². The second-order valence-electron chi connectivity index (χ2n) is 8.98. The number of benzene rings is 2. The Bertz CT molecular complexity index is 1440. The summed E-state index contributed by atoms with van der Waals surface area (Å²) in [4.78, 5) is 8.99. The molecule has 4 N–H and O–H groups in total. The number of nitrogens with one attached hydrogen (secondary N) is 2. The molecule has 1 aliphatic rings. The van der Waals surface area contributed by atoms with Gasteiger partial charge >= 0.3 is 0 Å². The summed E-state index contributed by atoms with van der Waals surface area (Å²) in [6.07, 6.45) is 7.43. The highest BCUT2D eigenvalue weighted by Gasteiger charge is 2.19. The summed E-state index contributed by atoms with van der Waals surface area (Å²) in [7, 11) is 0. The number of fused-ring (bicyclic) bond motifs is 1. The number of anilines is 3. The number of nitrogens with two attached hydrogens (primary N) is 1. The van der Waals surface area contributed by atoms with E-state index in [4.69, 9.17) is 14.9 Å². The molecule has 1 aliphatic carbocycles. The maximum absolute atomic E-state index is 13.4. The van der Waals surface area contributed by atoms with E-state index in [0.717, 1.165) is 64.7 Å². The van der Waals surface area contributed by atoms with Gasteiger partial charge < -0.3 is 25.5 Å². The summed E-state index contributed by atoms with van der Waals surface area (Å²) in [5.74, 6) is 3.80. The molecular formula is C29H30FN5O2S. The van der Waals surface area contributed by atoms with E-state index in [2.05, 4.69) is 32.9 Å². The van der Waals surface area contributed by atoms with Crippen LogP contribution in [0.25, 0.3) is 11.6 Å². The van der Waals surface area contributed by atoms with Gasteiger partial charge in [-0.3, -0.25) is 0 Å². The average molecular weight is 532 g/mol. The number of ether oxygens (including phenoxy) is 1. The number of furan rings is 1. The summed E-state index contributed by atoms with van der Waals surface area (Å²) < 4.78 is 25.4. The molecule has 196 valence electrons. The van der Waals surface area contributed by atoms with E-state index in [1.54, 1.807) is 24.5 Å². The van der Waals surface area contributed by atoms with E-state index in [-0.39, 0.29) is 12.4 Å². The van der Waals surface area contributed by atoms with Crippen molar-refractivity contribution in [2.75, 3.05) is 29.6 Å². The Morgan fingerprint density at radius 1 is 1.11 bits per heavy atom. The number of thioether (sulfide) groups is 1. The van der Waals surface area contributed by atoms with E-state index in [9.17, 15) is 4.39 Å². The molecule has 0 radical (unpaired) electrons. The summed E-state index contributed by atoms with van der Waals surface area (Å²) >= 11 is 1.82. The van der Waals surface area contributed by atoms with Gasteiger partial charge in [0.25, 0.3) is 0 Å². The first kappa shape index (κ1) is 25.8. The van der Waals surface area contributed by atoms with E-state index in [1.165, 1.54) is 12.1 Å². The van der Waals surface area contributed by atoms with Crippen molar-refractivity contribution in [2.45, 2.75) is 26.0 Å². The fourth-order valence-electron chi connectivity index (χ4n) is 4.29. The highest BCUT2D eigenvalue weighted by atomic mass is 32.2. The largest absolute Gasteiger partial charge is 0.487 e. The minimum absolute atomic E-state index is 0.226. The lowest BCUT2D eigenvalue weighted by Crippen LogP contribution is -2.15. The fraction of sp³-hybridized carbons (Fsp3) is 0.241. The second-order valence-corrected chi connectivity index (χ2v) is 9.97. The minimum atomic E-state index is -0.296. The third-order valence-corrected chi connectivity index (χ3v) is 6.84. The zero-order chi connectivity index (χ0) is 26.3. The van der Waals surface area contributed by atoms with Crippen molar-refractivity contribution in [3.8, 4) is 5.75 Å². The van der Waals surface area contributed by atoms with Gasteiger partial charge in [0.15, 0.2) is 0 Å². The zero-order valence-electron chi connectivity index (χ0n) is 21.2. The number of hydrogen-bond acceptors (Lipinski definition) is 8. The van der Waals surface area contributed by atoms with E-state index in [1.807, 2.05) is 36.0 Å². The summed E-state index contributed by atoms with van der Waals surface area (Å²) in [6, 6.07) is 15.8. The van der Waals surface area contributed by atoms with Gasteiger partial charge in [0, 0.05) is 23.5 Å². The Morgan fingerprint density at radius 2 is 2.03 bits per heavy atom. The monoisotopic (exact) mass is 531 g/mol. The topological polar surface area (TPSA) is 98.2 Å².